The average Bonchev–Trinajstić information content (AvgIpc) is 2.90. The summed E-state index contributed by atoms with van der Waals surface area (Å²) in [6.45, 7) is 3.40. The van der Waals surface area contributed by atoms with E-state index in [9.17, 15) is 4.79 Å². The van der Waals surface area contributed by atoms with Crippen LogP contribution < -0.4 is 0 Å². The van der Waals surface area contributed by atoms with Crippen molar-refractivity contribution in [3.63, 3.8) is 0 Å². The summed E-state index contributed by atoms with van der Waals surface area (Å²) in [6, 6.07) is 9.44. The van der Waals surface area contributed by atoms with Gasteiger partial charge in [0.25, 0.3) is 0 Å². The second-order valence-corrected chi connectivity index (χ2v) is 5.27. The molecule has 0 bridgehead atoms. The minimum Gasteiger partial charge on any atom is -0.445 e. The van der Waals surface area contributed by atoms with Crippen LogP contribution in [-0.4, -0.2) is 30.1 Å². The van der Waals surface area contributed by atoms with Gasteiger partial charge in [0.05, 0.1) is 6.04 Å². The molecule has 0 saturated carbocycles. The van der Waals surface area contributed by atoms with Crippen LogP contribution in [0.3, 0.4) is 0 Å². The van der Waals surface area contributed by atoms with Crippen LogP contribution in [0, 0.1) is 5.92 Å². The molecule has 1 aliphatic heterocycles. The van der Waals surface area contributed by atoms with Crippen molar-refractivity contribution < 1.29 is 9.53 Å². The maximum absolute atomic E-state index is 12.1. The number of amides is 1. The van der Waals surface area contributed by atoms with E-state index in [4.69, 9.17) is 10.3 Å². The molecule has 112 valence electrons. The summed E-state index contributed by atoms with van der Waals surface area (Å²) in [4.78, 5) is 16.6. The molecule has 0 radical (unpaired) electrons. The number of ether oxygens (including phenoxy) is 1. The van der Waals surface area contributed by atoms with Gasteiger partial charge in [-0.25, -0.2) is 4.79 Å². The van der Waals surface area contributed by atoms with Crippen molar-refractivity contribution in [3.05, 3.63) is 46.3 Å². The zero-order chi connectivity index (χ0) is 15.1. The fourth-order valence-electron chi connectivity index (χ4n) is 2.67. The quantitative estimate of drug-likeness (QED) is 0.470. The summed E-state index contributed by atoms with van der Waals surface area (Å²) in [6.07, 6.45) is 1.62. The van der Waals surface area contributed by atoms with Crippen molar-refractivity contribution in [2.45, 2.75) is 32.4 Å². The van der Waals surface area contributed by atoms with Crippen LogP contribution in [0.25, 0.3) is 10.4 Å². The number of hydrogen-bond acceptors (Lipinski definition) is 3. The lowest BCUT2D eigenvalue weighted by Gasteiger charge is -2.16. The molecule has 0 aromatic heterocycles. The molecule has 21 heavy (non-hydrogen) atoms. The maximum atomic E-state index is 12.1. The fraction of sp³-hybridized carbons (Fsp3) is 0.533. The van der Waals surface area contributed by atoms with Crippen LogP contribution in [0.2, 0.25) is 0 Å². The van der Waals surface area contributed by atoms with E-state index < -0.39 is 0 Å². The van der Waals surface area contributed by atoms with Crippen LogP contribution in [0.1, 0.15) is 25.3 Å². The molecule has 1 fully saturated rings. The Labute approximate surface area is 124 Å². The van der Waals surface area contributed by atoms with Gasteiger partial charge in [-0.15, -0.1) is 0 Å². The lowest BCUT2D eigenvalue weighted by Crippen LogP contribution is -2.29. The monoisotopic (exact) mass is 288 g/mol. The molecule has 2 rings (SSSR count). The van der Waals surface area contributed by atoms with Crippen LogP contribution in [0.15, 0.2) is 35.4 Å². The Hall–Kier alpha value is -2.20. The normalized spacial score (nSPS) is 20.9. The van der Waals surface area contributed by atoms with E-state index in [2.05, 4.69) is 16.9 Å². The van der Waals surface area contributed by atoms with Gasteiger partial charge in [-0.1, -0.05) is 48.8 Å². The molecule has 1 aromatic rings. The molecular formula is C15H20N4O2. The van der Waals surface area contributed by atoms with Gasteiger partial charge in [0.15, 0.2) is 0 Å². The van der Waals surface area contributed by atoms with Crippen molar-refractivity contribution in [3.8, 4) is 0 Å². The molecule has 0 N–H and O–H groups in total. The zero-order valence-corrected chi connectivity index (χ0v) is 12.2. The number of carbonyl (C=O) groups is 1. The molecule has 1 aromatic carbocycles. The van der Waals surface area contributed by atoms with Gasteiger partial charge in [0.1, 0.15) is 6.61 Å². The number of benzene rings is 1. The van der Waals surface area contributed by atoms with E-state index in [0.717, 1.165) is 18.4 Å². The van der Waals surface area contributed by atoms with E-state index in [1.165, 1.54) is 0 Å². The molecule has 1 amide bonds. The Bertz CT molecular complexity index is 514. The number of azide groups is 1. The summed E-state index contributed by atoms with van der Waals surface area (Å²) >= 11 is 0. The fourth-order valence-corrected chi connectivity index (χ4v) is 2.67. The van der Waals surface area contributed by atoms with Crippen molar-refractivity contribution in [1.29, 1.82) is 0 Å². The molecule has 0 spiro atoms. The van der Waals surface area contributed by atoms with E-state index >= 15 is 0 Å². The van der Waals surface area contributed by atoms with Crippen molar-refractivity contribution in [2.75, 3.05) is 13.1 Å². The SMILES string of the molecule is CCC[C@H]1CN(C(=O)OCc2ccccc2)CC1N=[N+]=[N-]. The molecular weight excluding hydrogens is 268 g/mol. The minimum atomic E-state index is -0.337. The highest BCUT2D eigenvalue weighted by atomic mass is 16.6. The number of likely N-dealkylation sites (tertiary alicyclic amines) is 1. The Balaban J connectivity index is 1.89. The number of nitrogens with zero attached hydrogens (tertiary/aromatic N) is 4. The summed E-state index contributed by atoms with van der Waals surface area (Å²) < 4.78 is 5.32. The largest absolute Gasteiger partial charge is 0.445 e. The third kappa shape index (κ3) is 4.13. The molecule has 1 saturated heterocycles. The topological polar surface area (TPSA) is 78.3 Å². The number of rotatable bonds is 5. The Morgan fingerprint density at radius 3 is 2.86 bits per heavy atom. The van der Waals surface area contributed by atoms with Gasteiger partial charge in [0, 0.05) is 18.0 Å². The summed E-state index contributed by atoms with van der Waals surface area (Å²) in [7, 11) is 0. The van der Waals surface area contributed by atoms with Gasteiger partial charge in [-0.05, 0) is 23.4 Å². The molecule has 1 unspecified atom stereocenters. The summed E-state index contributed by atoms with van der Waals surface area (Å²) in [5.41, 5.74) is 9.57. The van der Waals surface area contributed by atoms with Gasteiger partial charge in [-0.3, -0.25) is 0 Å². The highest BCUT2D eigenvalue weighted by molar-refractivity contribution is 5.68. The van der Waals surface area contributed by atoms with Crippen molar-refractivity contribution in [1.82, 2.24) is 4.90 Å². The third-order valence-electron chi connectivity index (χ3n) is 3.73. The second-order valence-electron chi connectivity index (χ2n) is 5.27. The zero-order valence-electron chi connectivity index (χ0n) is 12.2. The standard InChI is InChI=1S/C15H20N4O2/c1-2-6-13-9-19(10-14(13)17-18-16)15(20)21-11-12-7-4-3-5-8-12/h3-5,7-8,13-14H,2,6,9-11H2,1H3/t13-,14?/m0/s1. The van der Waals surface area contributed by atoms with E-state index in [1.54, 1.807) is 4.90 Å². The molecule has 0 aliphatic carbocycles. The van der Waals surface area contributed by atoms with Crippen LogP contribution in [0.5, 0.6) is 0 Å². The predicted octanol–water partition coefficient (Wildman–Crippen LogP) is 3.73. The molecule has 6 nitrogen and oxygen atoms in total. The molecule has 2 atom stereocenters. The smallest absolute Gasteiger partial charge is 0.410 e. The van der Waals surface area contributed by atoms with Crippen LogP contribution in [0.4, 0.5) is 4.79 Å². The Morgan fingerprint density at radius 1 is 1.43 bits per heavy atom. The first kappa shape index (κ1) is 15.2. The minimum absolute atomic E-state index is 0.140. The second kappa shape index (κ2) is 7.55. The van der Waals surface area contributed by atoms with Crippen molar-refractivity contribution in [2.24, 2.45) is 11.0 Å². The van der Waals surface area contributed by atoms with Gasteiger partial charge < -0.3 is 9.64 Å². The first-order valence-electron chi connectivity index (χ1n) is 7.24. The highest BCUT2D eigenvalue weighted by Gasteiger charge is 2.34. The first-order chi connectivity index (χ1) is 10.2. The van der Waals surface area contributed by atoms with Gasteiger partial charge >= 0.3 is 6.09 Å². The number of hydrogen-bond donors (Lipinski definition) is 0. The van der Waals surface area contributed by atoms with Crippen molar-refractivity contribution >= 4 is 6.09 Å². The predicted molar refractivity (Wildman–Crippen MR) is 79.5 cm³/mol. The summed E-state index contributed by atoms with van der Waals surface area (Å²) in [5, 5.41) is 3.81. The first-order valence-corrected chi connectivity index (χ1v) is 7.24. The third-order valence-corrected chi connectivity index (χ3v) is 3.73. The van der Waals surface area contributed by atoms with Gasteiger partial charge in [0.2, 0.25) is 0 Å². The Kier molecular flexibility index (Phi) is 5.46. The maximum Gasteiger partial charge on any atom is 0.410 e. The van der Waals surface area contributed by atoms with Crippen LogP contribution in [-0.2, 0) is 11.3 Å². The van der Waals surface area contributed by atoms with Crippen LogP contribution >= 0.6 is 0 Å². The molecule has 6 heteroatoms. The van der Waals surface area contributed by atoms with Gasteiger partial charge in [-0.2, -0.15) is 0 Å². The van der Waals surface area contributed by atoms with E-state index in [0.29, 0.717) is 13.1 Å². The average molecular weight is 288 g/mol. The lowest BCUT2D eigenvalue weighted by molar-refractivity contribution is 0.103. The lowest BCUT2D eigenvalue weighted by atomic mass is 9.99. The number of carbonyl (C=O) groups excluding carboxylic acids is 1. The molecule has 1 aliphatic rings. The van der Waals surface area contributed by atoms with E-state index in [-0.39, 0.29) is 24.7 Å². The highest BCUT2D eigenvalue weighted by Crippen LogP contribution is 2.25. The Morgan fingerprint density at radius 2 is 2.19 bits per heavy atom. The summed E-state index contributed by atoms with van der Waals surface area (Å²) in [5.74, 6) is 0.232. The molecule has 1 heterocycles. The van der Waals surface area contributed by atoms with E-state index in [1.807, 2.05) is 30.3 Å².